The molecule has 3 aromatic rings. The summed E-state index contributed by atoms with van der Waals surface area (Å²) in [6.45, 7) is 4.59. The third kappa shape index (κ3) is 3.87. The average Bonchev–Trinajstić information content (AvgIpc) is 3.17. The lowest BCUT2D eigenvalue weighted by Crippen LogP contribution is -2.21. The zero-order valence-corrected chi connectivity index (χ0v) is 16.7. The molecule has 0 bridgehead atoms. The Balaban J connectivity index is 1.47. The van der Waals surface area contributed by atoms with Gasteiger partial charge >= 0.3 is 0 Å². The highest BCUT2D eigenvalue weighted by Crippen LogP contribution is 2.38. The Bertz CT molecular complexity index is 999. The standard InChI is InChI=1S/C22H22N2O3S/c1-3-23-21(25)20-13-24-22(28-20)26-16-9-11-18-15(12-16)8-10-19(27-18)17-7-5-4-6-14(17)2/h4-7,9,11-13,19H,3,8,10H2,1-2H3,(H,23,25)/t19-/m0/s1. The quantitative estimate of drug-likeness (QED) is 0.657. The largest absolute Gasteiger partial charge is 0.485 e. The van der Waals surface area contributed by atoms with Gasteiger partial charge in [-0.3, -0.25) is 4.79 Å². The van der Waals surface area contributed by atoms with Gasteiger partial charge in [0.1, 0.15) is 22.5 Å². The molecule has 1 aromatic heterocycles. The van der Waals surface area contributed by atoms with Gasteiger partial charge in [-0.1, -0.05) is 35.6 Å². The molecule has 1 aliphatic rings. The lowest BCUT2D eigenvalue weighted by atomic mass is 9.95. The summed E-state index contributed by atoms with van der Waals surface area (Å²) in [6.07, 6.45) is 3.48. The fourth-order valence-corrected chi connectivity index (χ4v) is 4.06. The van der Waals surface area contributed by atoms with E-state index >= 15 is 0 Å². The molecule has 28 heavy (non-hydrogen) atoms. The van der Waals surface area contributed by atoms with Crippen LogP contribution in [0.2, 0.25) is 0 Å². The molecular weight excluding hydrogens is 372 g/mol. The highest BCUT2D eigenvalue weighted by atomic mass is 32.1. The van der Waals surface area contributed by atoms with Gasteiger partial charge < -0.3 is 14.8 Å². The van der Waals surface area contributed by atoms with Crippen LogP contribution in [-0.2, 0) is 6.42 Å². The number of carbonyl (C=O) groups excluding carboxylic acids is 1. The second-order valence-corrected chi connectivity index (χ2v) is 7.72. The number of rotatable bonds is 5. The van der Waals surface area contributed by atoms with Gasteiger partial charge in [0.25, 0.3) is 11.1 Å². The lowest BCUT2D eigenvalue weighted by Gasteiger charge is -2.27. The summed E-state index contributed by atoms with van der Waals surface area (Å²) in [5, 5.41) is 3.22. The third-order valence-electron chi connectivity index (χ3n) is 4.76. The third-order valence-corrected chi connectivity index (χ3v) is 5.64. The minimum absolute atomic E-state index is 0.0825. The maximum absolute atomic E-state index is 11.9. The second-order valence-electron chi connectivity index (χ2n) is 6.72. The monoisotopic (exact) mass is 394 g/mol. The summed E-state index contributed by atoms with van der Waals surface area (Å²) >= 11 is 1.24. The Morgan fingerprint density at radius 1 is 1.32 bits per heavy atom. The van der Waals surface area contributed by atoms with Crippen molar-refractivity contribution in [3.05, 3.63) is 70.2 Å². The van der Waals surface area contributed by atoms with Gasteiger partial charge in [-0.2, -0.15) is 0 Å². The van der Waals surface area contributed by atoms with E-state index in [9.17, 15) is 4.79 Å². The smallest absolute Gasteiger partial charge is 0.279 e. The Hall–Kier alpha value is -2.86. The van der Waals surface area contributed by atoms with Crippen molar-refractivity contribution < 1.29 is 14.3 Å². The van der Waals surface area contributed by atoms with Crippen LogP contribution in [0.3, 0.4) is 0 Å². The highest BCUT2D eigenvalue weighted by molar-refractivity contribution is 7.15. The van der Waals surface area contributed by atoms with Gasteiger partial charge in [-0.25, -0.2) is 4.98 Å². The SMILES string of the molecule is CCNC(=O)c1cnc(Oc2ccc3c(c2)CC[C@@H](c2ccccc2C)O3)s1. The maximum Gasteiger partial charge on any atom is 0.279 e. The molecular formula is C22H22N2O3S. The first-order valence-electron chi connectivity index (χ1n) is 9.41. The molecule has 5 nitrogen and oxygen atoms in total. The van der Waals surface area contributed by atoms with E-state index in [1.807, 2.05) is 25.1 Å². The minimum atomic E-state index is -0.129. The zero-order valence-electron chi connectivity index (χ0n) is 15.9. The van der Waals surface area contributed by atoms with Crippen molar-refractivity contribution in [2.45, 2.75) is 32.8 Å². The van der Waals surface area contributed by atoms with Crippen LogP contribution in [0.5, 0.6) is 16.7 Å². The molecule has 0 saturated heterocycles. The number of nitrogens with one attached hydrogen (secondary N) is 1. The van der Waals surface area contributed by atoms with Crippen LogP contribution in [0.25, 0.3) is 0 Å². The molecule has 1 atom stereocenters. The first-order chi connectivity index (χ1) is 13.6. The number of hydrogen-bond acceptors (Lipinski definition) is 5. The van der Waals surface area contributed by atoms with Gasteiger partial charge in [0, 0.05) is 6.54 Å². The summed E-state index contributed by atoms with van der Waals surface area (Å²) in [5.41, 5.74) is 3.62. The van der Waals surface area contributed by atoms with Crippen molar-refractivity contribution in [2.75, 3.05) is 6.54 Å². The van der Waals surface area contributed by atoms with Crippen LogP contribution in [0, 0.1) is 6.92 Å². The molecule has 1 N–H and O–H groups in total. The number of hydrogen-bond donors (Lipinski definition) is 1. The first-order valence-corrected chi connectivity index (χ1v) is 10.2. The van der Waals surface area contributed by atoms with E-state index in [0.29, 0.717) is 22.4 Å². The van der Waals surface area contributed by atoms with Gasteiger partial charge in [0.05, 0.1) is 6.20 Å². The molecule has 4 rings (SSSR count). The van der Waals surface area contributed by atoms with Crippen LogP contribution in [0.1, 0.15) is 45.8 Å². The molecule has 6 heteroatoms. The number of ether oxygens (including phenoxy) is 2. The van der Waals surface area contributed by atoms with Crippen molar-refractivity contribution in [3.8, 4) is 16.7 Å². The van der Waals surface area contributed by atoms with Crippen molar-refractivity contribution in [2.24, 2.45) is 0 Å². The van der Waals surface area contributed by atoms with Crippen molar-refractivity contribution in [1.29, 1.82) is 0 Å². The Morgan fingerprint density at radius 3 is 3.00 bits per heavy atom. The first kappa shape index (κ1) is 18.5. The molecule has 144 valence electrons. The normalized spacial score (nSPS) is 15.4. The highest BCUT2D eigenvalue weighted by Gasteiger charge is 2.23. The summed E-state index contributed by atoms with van der Waals surface area (Å²) in [7, 11) is 0. The molecule has 0 fully saturated rings. The Morgan fingerprint density at radius 2 is 2.18 bits per heavy atom. The van der Waals surface area contributed by atoms with E-state index in [1.165, 1.54) is 22.5 Å². The summed E-state index contributed by atoms with van der Waals surface area (Å²) < 4.78 is 12.1. The number of carbonyl (C=O) groups is 1. The molecule has 0 aliphatic carbocycles. The van der Waals surface area contributed by atoms with E-state index in [4.69, 9.17) is 9.47 Å². The number of fused-ring (bicyclic) bond motifs is 1. The molecule has 2 heterocycles. The molecule has 1 amide bonds. The van der Waals surface area contributed by atoms with E-state index in [-0.39, 0.29) is 12.0 Å². The molecule has 1 aliphatic heterocycles. The molecule has 0 spiro atoms. The topological polar surface area (TPSA) is 60.5 Å². The number of amides is 1. The number of aromatic nitrogens is 1. The van der Waals surface area contributed by atoms with Gasteiger partial charge in [0.15, 0.2) is 0 Å². The second kappa shape index (κ2) is 8.02. The number of benzene rings is 2. The molecule has 0 unspecified atom stereocenters. The van der Waals surface area contributed by atoms with Crippen LogP contribution in [0.15, 0.2) is 48.7 Å². The van der Waals surface area contributed by atoms with E-state index in [0.717, 1.165) is 24.2 Å². The molecule has 2 aromatic carbocycles. The molecule has 0 saturated carbocycles. The van der Waals surface area contributed by atoms with Gasteiger partial charge in [-0.15, -0.1) is 0 Å². The van der Waals surface area contributed by atoms with Crippen molar-refractivity contribution >= 4 is 17.2 Å². The fraction of sp³-hybridized carbons (Fsp3) is 0.273. The van der Waals surface area contributed by atoms with E-state index in [2.05, 4.69) is 41.5 Å². The van der Waals surface area contributed by atoms with Crippen molar-refractivity contribution in [1.82, 2.24) is 10.3 Å². The van der Waals surface area contributed by atoms with E-state index < -0.39 is 0 Å². The van der Waals surface area contributed by atoms with Crippen molar-refractivity contribution in [3.63, 3.8) is 0 Å². The number of aryl methyl sites for hydroxylation is 2. The molecule has 0 radical (unpaired) electrons. The van der Waals surface area contributed by atoms with Crippen LogP contribution < -0.4 is 14.8 Å². The van der Waals surface area contributed by atoms with E-state index in [1.54, 1.807) is 6.20 Å². The summed E-state index contributed by atoms with van der Waals surface area (Å²) in [5.74, 6) is 1.47. The number of nitrogens with zero attached hydrogens (tertiary/aromatic N) is 1. The Kier molecular flexibility index (Phi) is 5.30. The predicted octanol–water partition coefficient (Wildman–Crippen LogP) is 5.06. The zero-order chi connectivity index (χ0) is 19.5. The Labute approximate surface area is 168 Å². The lowest BCUT2D eigenvalue weighted by molar-refractivity contribution is 0.0959. The maximum atomic E-state index is 11.9. The fourth-order valence-electron chi connectivity index (χ4n) is 3.35. The van der Waals surface area contributed by atoms with Crippen LogP contribution in [0.4, 0.5) is 0 Å². The predicted molar refractivity (Wildman–Crippen MR) is 110 cm³/mol. The minimum Gasteiger partial charge on any atom is -0.485 e. The average molecular weight is 394 g/mol. The summed E-state index contributed by atoms with van der Waals surface area (Å²) in [6, 6.07) is 14.2. The van der Waals surface area contributed by atoms with Crippen LogP contribution >= 0.6 is 11.3 Å². The van der Waals surface area contributed by atoms with Gasteiger partial charge in [0.2, 0.25) is 0 Å². The summed E-state index contributed by atoms with van der Waals surface area (Å²) in [4.78, 5) is 16.6. The number of thiazole rings is 1. The van der Waals surface area contributed by atoms with Crippen LogP contribution in [-0.4, -0.2) is 17.4 Å². The van der Waals surface area contributed by atoms with Gasteiger partial charge in [-0.05, 0) is 61.6 Å².